The van der Waals surface area contributed by atoms with Crippen molar-refractivity contribution in [3.63, 3.8) is 0 Å². The Hall–Kier alpha value is -1.22. The van der Waals surface area contributed by atoms with Crippen LogP contribution in [0, 0.1) is 6.92 Å². The first-order chi connectivity index (χ1) is 10.2. The molecule has 3 rings (SSSR count). The van der Waals surface area contributed by atoms with Gasteiger partial charge in [-0.05, 0) is 50.3 Å². The van der Waals surface area contributed by atoms with Crippen molar-refractivity contribution < 1.29 is 9.47 Å². The maximum absolute atomic E-state index is 6.41. The summed E-state index contributed by atoms with van der Waals surface area (Å²) in [5, 5.41) is 3.52. The van der Waals surface area contributed by atoms with E-state index in [1.54, 1.807) is 7.11 Å². The van der Waals surface area contributed by atoms with Crippen LogP contribution in [0.1, 0.15) is 50.5 Å². The number of rotatable bonds is 4. The quantitative estimate of drug-likeness (QED) is 0.896. The van der Waals surface area contributed by atoms with Crippen molar-refractivity contribution in [3.05, 3.63) is 23.8 Å². The first-order valence-corrected chi connectivity index (χ1v) is 8.27. The van der Waals surface area contributed by atoms with Crippen LogP contribution in [-0.4, -0.2) is 25.4 Å². The zero-order chi connectivity index (χ0) is 14.7. The van der Waals surface area contributed by atoms with Crippen LogP contribution < -0.4 is 10.1 Å². The molecule has 2 fully saturated rings. The lowest BCUT2D eigenvalue weighted by atomic mass is 9.83. The summed E-state index contributed by atoms with van der Waals surface area (Å²) in [7, 11) is 1.72. The van der Waals surface area contributed by atoms with Crippen LogP contribution >= 0.6 is 0 Å². The molecule has 0 radical (unpaired) electrons. The monoisotopic (exact) mass is 289 g/mol. The van der Waals surface area contributed by atoms with Crippen molar-refractivity contribution in [3.8, 4) is 5.75 Å². The van der Waals surface area contributed by atoms with Crippen molar-refractivity contribution in [1.82, 2.24) is 0 Å². The number of aryl methyl sites for hydroxylation is 1. The minimum Gasteiger partial charge on any atom is -0.495 e. The number of hydrogen-bond acceptors (Lipinski definition) is 3. The fraction of sp³-hybridized carbons (Fsp3) is 0.667. The third-order valence-electron chi connectivity index (χ3n) is 4.98. The van der Waals surface area contributed by atoms with Crippen LogP contribution in [0.5, 0.6) is 5.75 Å². The van der Waals surface area contributed by atoms with Crippen LogP contribution in [0.3, 0.4) is 0 Å². The predicted octanol–water partition coefficient (Wildman–Crippen LogP) is 4.30. The highest BCUT2D eigenvalue weighted by Crippen LogP contribution is 2.42. The molecule has 3 heteroatoms. The van der Waals surface area contributed by atoms with Gasteiger partial charge in [0.05, 0.1) is 24.5 Å². The molecule has 1 saturated heterocycles. The molecule has 1 aliphatic heterocycles. The van der Waals surface area contributed by atoms with Gasteiger partial charge < -0.3 is 14.8 Å². The second kappa shape index (κ2) is 6.27. The Morgan fingerprint density at radius 3 is 2.81 bits per heavy atom. The molecule has 1 N–H and O–H groups in total. The first kappa shape index (κ1) is 14.7. The van der Waals surface area contributed by atoms with Gasteiger partial charge in [0.1, 0.15) is 5.75 Å². The third kappa shape index (κ3) is 3.34. The zero-order valence-corrected chi connectivity index (χ0v) is 13.3. The van der Waals surface area contributed by atoms with Crippen LogP contribution in [0.4, 0.5) is 5.69 Å². The van der Waals surface area contributed by atoms with Gasteiger partial charge in [-0.15, -0.1) is 0 Å². The smallest absolute Gasteiger partial charge is 0.141 e. The van der Waals surface area contributed by atoms with Crippen molar-refractivity contribution in [1.29, 1.82) is 0 Å². The highest BCUT2D eigenvalue weighted by Gasteiger charge is 2.40. The molecule has 1 heterocycles. The van der Waals surface area contributed by atoms with E-state index in [1.165, 1.54) is 50.5 Å². The molecule has 21 heavy (non-hydrogen) atoms. The molecule has 2 aliphatic rings. The van der Waals surface area contributed by atoms with Gasteiger partial charge in [0, 0.05) is 6.54 Å². The SMILES string of the molecule is COc1ccc(C)cc1NCC1CCC2(CCCCC2)O1. The Labute approximate surface area is 128 Å². The minimum atomic E-state index is 0.210. The third-order valence-corrected chi connectivity index (χ3v) is 4.98. The number of benzene rings is 1. The lowest BCUT2D eigenvalue weighted by Gasteiger charge is -2.33. The van der Waals surface area contributed by atoms with E-state index in [2.05, 4.69) is 24.4 Å². The van der Waals surface area contributed by atoms with Gasteiger partial charge in [-0.2, -0.15) is 0 Å². The minimum absolute atomic E-state index is 0.210. The molecular weight excluding hydrogens is 262 g/mol. The fourth-order valence-corrected chi connectivity index (χ4v) is 3.79. The van der Waals surface area contributed by atoms with E-state index in [0.717, 1.165) is 18.0 Å². The highest BCUT2D eigenvalue weighted by atomic mass is 16.5. The second-order valence-corrected chi connectivity index (χ2v) is 6.61. The Bertz CT molecular complexity index is 480. The summed E-state index contributed by atoms with van der Waals surface area (Å²) in [5.41, 5.74) is 2.53. The molecular formula is C18H27NO2. The van der Waals surface area contributed by atoms with Crippen LogP contribution in [-0.2, 0) is 4.74 Å². The maximum Gasteiger partial charge on any atom is 0.141 e. The molecule has 1 atom stereocenters. The summed E-state index contributed by atoms with van der Waals surface area (Å²) < 4.78 is 11.8. The van der Waals surface area contributed by atoms with E-state index in [0.29, 0.717) is 6.10 Å². The van der Waals surface area contributed by atoms with Gasteiger partial charge in [0.15, 0.2) is 0 Å². The van der Waals surface area contributed by atoms with Crippen molar-refractivity contribution in [2.24, 2.45) is 0 Å². The van der Waals surface area contributed by atoms with Gasteiger partial charge in [0.25, 0.3) is 0 Å². The van der Waals surface area contributed by atoms with Crippen LogP contribution in [0.25, 0.3) is 0 Å². The Morgan fingerprint density at radius 1 is 1.24 bits per heavy atom. The molecule has 0 bridgehead atoms. The standard InChI is InChI=1S/C18H27NO2/c1-14-6-7-17(20-2)16(12-14)19-13-15-8-11-18(21-15)9-4-3-5-10-18/h6-7,12,15,19H,3-5,8-11,13H2,1-2H3. The molecule has 1 aromatic rings. The fourth-order valence-electron chi connectivity index (χ4n) is 3.79. The van der Waals surface area contributed by atoms with Crippen LogP contribution in [0.15, 0.2) is 18.2 Å². The summed E-state index contributed by atoms with van der Waals surface area (Å²) in [6, 6.07) is 6.24. The van der Waals surface area contributed by atoms with Gasteiger partial charge in [-0.1, -0.05) is 25.3 Å². The number of methoxy groups -OCH3 is 1. The molecule has 0 amide bonds. The molecule has 1 aromatic carbocycles. The van der Waals surface area contributed by atoms with Crippen molar-refractivity contribution >= 4 is 5.69 Å². The van der Waals surface area contributed by atoms with E-state index in [9.17, 15) is 0 Å². The summed E-state index contributed by atoms with van der Waals surface area (Å²) >= 11 is 0. The average Bonchev–Trinajstić information content (AvgIpc) is 2.89. The van der Waals surface area contributed by atoms with E-state index in [-0.39, 0.29) is 5.60 Å². The molecule has 0 aromatic heterocycles. The van der Waals surface area contributed by atoms with Crippen molar-refractivity contribution in [2.75, 3.05) is 19.0 Å². The van der Waals surface area contributed by atoms with E-state index < -0.39 is 0 Å². The van der Waals surface area contributed by atoms with Crippen molar-refractivity contribution in [2.45, 2.75) is 63.6 Å². The van der Waals surface area contributed by atoms with E-state index >= 15 is 0 Å². The van der Waals surface area contributed by atoms with E-state index in [4.69, 9.17) is 9.47 Å². The maximum atomic E-state index is 6.41. The van der Waals surface area contributed by atoms with Crippen LogP contribution in [0.2, 0.25) is 0 Å². The molecule has 1 saturated carbocycles. The van der Waals surface area contributed by atoms with Gasteiger partial charge in [-0.3, -0.25) is 0 Å². The lowest BCUT2D eigenvalue weighted by molar-refractivity contribution is -0.0588. The predicted molar refractivity (Wildman–Crippen MR) is 86.1 cm³/mol. The highest BCUT2D eigenvalue weighted by molar-refractivity contribution is 5.58. The molecule has 116 valence electrons. The normalized spacial score (nSPS) is 24.2. The summed E-state index contributed by atoms with van der Waals surface area (Å²) in [5.74, 6) is 0.908. The number of ether oxygens (including phenoxy) is 2. The Morgan fingerprint density at radius 2 is 2.05 bits per heavy atom. The largest absolute Gasteiger partial charge is 0.495 e. The second-order valence-electron chi connectivity index (χ2n) is 6.61. The van der Waals surface area contributed by atoms with Gasteiger partial charge in [0.2, 0.25) is 0 Å². The zero-order valence-electron chi connectivity index (χ0n) is 13.3. The number of nitrogens with one attached hydrogen (secondary N) is 1. The molecule has 1 unspecified atom stereocenters. The molecule has 1 aliphatic carbocycles. The summed E-state index contributed by atoms with van der Waals surface area (Å²) in [6.45, 7) is 2.98. The Balaban J connectivity index is 1.57. The van der Waals surface area contributed by atoms with E-state index in [1.807, 2.05) is 6.07 Å². The molecule has 3 nitrogen and oxygen atoms in total. The number of anilines is 1. The first-order valence-electron chi connectivity index (χ1n) is 8.27. The number of hydrogen-bond donors (Lipinski definition) is 1. The Kier molecular flexibility index (Phi) is 4.39. The summed E-state index contributed by atoms with van der Waals surface area (Å²) in [4.78, 5) is 0. The lowest BCUT2D eigenvalue weighted by Crippen LogP contribution is -2.33. The average molecular weight is 289 g/mol. The van der Waals surface area contributed by atoms with Gasteiger partial charge >= 0.3 is 0 Å². The molecule has 1 spiro atoms. The van der Waals surface area contributed by atoms with Gasteiger partial charge in [-0.25, -0.2) is 0 Å². The summed E-state index contributed by atoms with van der Waals surface area (Å²) in [6.07, 6.45) is 9.35. The topological polar surface area (TPSA) is 30.5 Å².